The quantitative estimate of drug-likeness (QED) is 0.440. The molecule has 31 heavy (non-hydrogen) atoms. The maximum absolute atomic E-state index is 14.2. The van der Waals surface area contributed by atoms with Crippen LogP contribution in [0.3, 0.4) is 0 Å². The van der Waals surface area contributed by atoms with E-state index in [9.17, 15) is 22.7 Å². The Balaban J connectivity index is 1.57. The van der Waals surface area contributed by atoms with Gasteiger partial charge in [-0.3, -0.25) is 0 Å². The standard InChI is InChI=1S/C18H13F4N5O4/c19-11-3-9(1-2-13(11)30-8-10(29)7-28)16-25-17(31-26-16)12-5-27-6-14(18(20,21)22)23-4-15(27)24-12/h1-6,10,28-29H,7-8H2. The van der Waals surface area contributed by atoms with Crippen molar-refractivity contribution in [1.29, 1.82) is 0 Å². The fourth-order valence-corrected chi connectivity index (χ4v) is 2.59. The number of alkyl halides is 3. The number of hydrogen-bond donors (Lipinski definition) is 2. The van der Waals surface area contributed by atoms with Gasteiger partial charge in [-0.15, -0.1) is 0 Å². The predicted molar refractivity (Wildman–Crippen MR) is 95.3 cm³/mol. The first kappa shape index (κ1) is 20.7. The average Bonchev–Trinajstić information content (AvgIpc) is 3.38. The van der Waals surface area contributed by atoms with Gasteiger partial charge >= 0.3 is 6.18 Å². The molecule has 0 aliphatic carbocycles. The molecule has 0 saturated heterocycles. The molecule has 3 aromatic heterocycles. The van der Waals surface area contributed by atoms with Gasteiger partial charge < -0.3 is 23.9 Å². The molecule has 4 rings (SSSR count). The molecule has 0 bridgehead atoms. The van der Waals surface area contributed by atoms with Gasteiger partial charge in [-0.05, 0) is 18.2 Å². The highest BCUT2D eigenvalue weighted by Gasteiger charge is 2.33. The predicted octanol–water partition coefficient (Wildman–Crippen LogP) is 2.34. The van der Waals surface area contributed by atoms with Crippen molar-refractivity contribution < 1.29 is 37.0 Å². The molecule has 0 saturated carbocycles. The molecule has 0 aliphatic rings. The molecular weight excluding hydrogens is 426 g/mol. The van der Waals surface area contributed by atoms with Gasteiger partial charge in [-0.2, -0.15) is 18.2 Å². The Kier molecular flexibility index (Phi) is 5.29. The van der Waals surface area contributed by atoms with E-state index in [2.05, 4.69) is 20.1 Å². The Morgan fingerprint density at radius 3 is 2.71 bits per heavy atom. The number of hydrogen-bond acceptors (Lipinski definition) is 8. The minimum Gasteiger partial charge on any atom is -0.488 e. The zero-order valence-corrected chi connectivity index (χ0v) is 15.4. The Hall–Kier alpha value is -3.58. The summed E-state index contributed by atoms with van der Waals surface area (Å²) in [5.74, 6) is -0.971. The molecule has 0 fully saturated rings. The molecule has 0 amide bonds. The zero-order valence-electron chi connectivity index (χ0n) is 15.4. The molecule has 0 spiro atoms. The number of fused-ring (bicyclic) bond motifs is 1. The fourth-order valence-electron chi connectivity index (χ4n) is 2.59. The van der Waals surface area contributed by atoms with E-state index in [1.165, 1.54) is 18.3 Å². The van der Waals surface area contributed by atoms with Crippen LogP contribution in [0.5, 0.6) is 5.75 Å². The topological polar surface area (TPSA) is 119 Å². The minimum atomic E-state index is -4.60. The third kappa shape index (κ3) is 4.32. The summed E-state index contributed by atoms with van der Waals surface area (Å²) in [5, 5.41) is 21.8. The first-order chi connectivity index (χ1) is 14.7. The third-order valence-electron chi connectivity index (χ3n) is 4.11. The van der Waals surface area contributed by atoms with Gasteiger partial charge in [0.05, 0.1) is 12.8 Å². The van der Waals surface area contributed by atoms with Crippen molar-refractivity contribution in [2.75, 3.05) is 13.2 Å². The molecule has 13 heteroatoms. The average molecular weight is 439 g/mol. The van der Waals surface area contributed by atoms with Gasteiger partial charge in [-0.25, -0.2) is 14.4 Å². The summed E-state index contributed by atoms with van der Waals surface area (Å²) in [6.45, 7) is -0.820. The van der Waals surface area contributed by atoms with Crippen LogP contribution in [-0.4, -0.2) is 54.0 Å². The second-order valence-electron chi connectivity index (χ2n) is 6.38. The van der Waals surface area contributed by atoms with Crippen molar-refractivity contribution in [2.45, 2.75) is 12.3 Å². The smallest absolute Gasteiger partial charge is 0.434 e. The largest absolute Gasteiger partial charge is 0.488 e. The molecular formula is C18H13F4N5O4. The van der Waals surface area contributed by atoms with Crippen molar-refractivity contribution >= 4 is 5.65 Å². The number of halogens is 4. The second-order valence-corrected chi connectivity index (χ2v) is 6.38. The monoisotopic (exact) mass is 439 g/mol. The lowest BCUT2D eigenvalue weighted by Gasteiger charge is -2.10. The maximum atomic E-state index is 14.2. The van der Waals surface area contributed by atoms with E-state index < -0.39 is 30.4 Å². The van der Waals surface area contributed by atoms with E-state index in [1.54, 1.807) is 0 Å². The van der Waals surface area contributed by atoms with Gasteiger partial charge in [0, 0.05) is 18.0 Å². The summed E-state index contributed by atoms with van der Waals surface area (Å²) in [6.07, 6.45) is -2.73. The highest BCUT2D eigenvalue weighted by Crippen LogP contribution is 2.29. The summed E-state index contributed by atoms with van der Waals surface area (Å²) in [5.41, 5.74) is -0.592. The number of ether oxygens (including phenoxy) is 1. The molecule has 162 valence electrons. The van der Waals surface area contributed by atoms with Crippen LogP contribution in [0.25, 0.3) is 28.6 Å². The van der Waals surface area contributed by atoms with Crippen LogP contribution in [0.4, 0.5) is 17.6 Å². The number of rotatable bonds is 6. The summed E-state index contributed by atoms with van der Waals surface area (Å²) in [6, 6.07) is 3.82. The summed E-state index contributed by atoms with van der Waals surface area (Å²) in [4.78, 5) is 11.5. The van der Waals surface area contributed by atoms with Crippen LogP contribution in [0.1, 0.15) is 5.69 Å². The third-order valence-corrected chi connectivity index (χ3v) is 4.11. The molecule has 4 aromatic rings. The Morgan fingerprint density at radius 2 is 2.00 bits per heavy atom. The van der Waals surface area contributed by atoms with Crippen LogP contribution < -0.4 is 4.74 Å². The zero-order chi connectivity index (χ0) is 22.2. The number of aromatic nitrogens is 5. The van der Waals surface area contributed by atoms with Crippen LogP contribution >= 0.6 is 0 Å². The van der Waals surface area contributed by atoms with Crippen molar-refractivity contribution in [1.82, 2.24) is 24.5 Å². The summed E-state index contributed by atoms with van der Waals surface area (Å²) >= 11 is 0. The van der Waals surface area contributed by atoms with Crippen LogP contribution in [0.2, 0.25) is 0 Å². The summed E-state index contributed by atoms with van der Waals surface area (Å²) in [7, 11) is 0. The van der Waals surface area contributed by atoms with Crippen molar-refractivity contribution in [3.63, 3.8) is 0 Å². The van der Waals surface area contributed by atoms with E-state index in [1.807, 2.05) is 0 Å². The molecule has 0 aliphatic heterocycles. The molecule has 1 unspecified atom stereocenters. The van der Waals surface area contributed by atoms with E-state index in [0.717, 1.165) is 22.9 Å². The Morgan fingerprint density at radius 1 is 1.19 bits per heavy atom. The molecule has 9 nitrogen and oxygen atoms in total. The van der Waals surface area contributed by atoms with Crippen molar-refractivity contribution in [3.8, 4) is 28.7 Å². The van der Waals surface area contributed by atoms with Crippen molar-refractivity contribution in [2.24, 2.45) is 0 Å². The highest BCUT2D eigenvalue weighted by molar-refractivity contribution is 5.60. The number of aliphatic hydroxyl groups is 2. The van der Waals surface area contributed by atoms with Gasteiger partial charge in [0.1, 0.15) is 18.4 Å². The van der Waals surface area contributed by atoms with Gasteiger partial charge in [0.2, 0.25) is 5.82 Å². The Bertz CT molecular complexity index is 1220. The highest BCUT2D eigenvalue weighted by atomic mass is 19.4. The SMILES string of the molecule is OCC(O)COc1ccc(-c2noc(-c3cn4cc(C(F)(F)F)ncc4n3)n2)cc1F. The molecule has 1 atom stereocenters. The van der Waals surface area contributed by atoms with Crippen LogP contribution in [0.15, 0.2) is 41.3 Å². The first-order valence-electron chi connectivity index (χ1n) is 8.72. The molecule has 0 radical (unpaired) electrons. The molecule has 2 N–H and O–H groups in total. The van der Waals surface area contributed by atoms with Gasteiger partial charge in [-0.1, -0.05) is 5.16 Å². The maximum Gasteiger partial charge on any atom is 0.434 e. The minimum absolute atomic E-state index is 0.0157. The second kappa shape index (κ2) is 7.92. The molecule has 3 heterocycles. The lowest BCUT2D eigenvalue weighted by molar-refractivity contribution is -0.141. The van der Waals surface area contributed by atoms with E-state index in [4.69, 9.17) is 14.4 Å². The number of aliphatic hydroxyl groups excluding tert-OH is 2. The lowest BCUT2D eigenvalue weighted by Crippen LogP contribution is -2.21. The van der Waals surface area contributed by atoms with E-state index in [-0.39, 0.29) is 41.0 Å². The number of nitrogens with zero attached hydrogens (tertiary/aromatic N) is 5. The van der Waals surface area contributed by atoms with Crippen LogP contribution in [-0.2, 0) is 6.18 Å². The molecule has 1 aromatic carbocycles. The van der Waals surface area contributed by atoms with Crippen molar-refractivity contribution in [3.05, 3.63) is 48.3 Å². The lowest BCUT2D eigenvalue weighted by atomic mass is 10.2. The van der Waals surface area contributed by atoms with E-state index in [0.29, 0.717) is 0 Å². The fraction of sp³-hybridized carbons (Fsp3) is 0.222. The van der Waals surface area contributed by atoms with E-state index >= 15 is 0 Å². The van der Waals surface area contributed by atoms with Gasteiger partial charge in [0.15, 0.2) is 22.9 Å². The normalized spacial score (nSPS) is 13.0. The Labute approximate surface area is 170 Å². The number of benzene rings is 1. The summed E-state index contributed by atoms with van der Waals surface area (Å²) < 4.78 is 63.9. The first-order valence-corrected chi connectivity index (χ1v) is 8.72. The number of imidazole rings is 1. The van der Waals surface area contributed by atoms with Crippen LogP contribution in [0, 0.1) is 5.82 Å². The van der Waals surface area contributed by atoms with Gasteiger partial charge in [0.25, 0.3) is 5.89 Å².